The first-order valence-electron chi connectivity index (χ1n) is 10.1. The number of hydrogen-bond donors (Lipinski definition) is 1. The molecule has 29 heavy (non-hydrogen) atoms. The Labute approximate surface area is 174 Å². The van der Waals surface area contributed by atoms with Gasteiger partial charge in [0.05, 0.1) is 5.92 Å². The molecule has 10 heteroatoms. The molecule has 0 bridgehead atoms. The summed E-state index contributed by atoms with van der Waals surface area (Å²) in [6.45, 7) is 2.35. The van der Waals surface area contributed by atoms with E-state index in [2.05, 4.69) is 15.5 Å². The topological polar surface area (TPSA) is 105 Å². The normalized spacial score (nSPS) is 21.9. The average molecular weight is 439 g/mol. The molecule has 3 heterocycles. The number of carbonyl (C=O) groups is 1. The molecule has 1 saturated heterocycles. The van der Waals surface area contributed by atoms with Gasteiger partial charge in [0.1, 0.15) is 4.21 Å². The highest BCUT2D eigenvalue weighted by atomic mass is 32.2. The van der Waals surface area contributed by atoms with Crippen LogP contribution in [0.15, 0.2) is 20.2 Å². The van der Waals surface area contributed by atoms with Crippen LogP contribution in [-0.4, -0.2) is 47.9 Å². The standard InChI is InChI=1S/C19H26N4O4S2/c1-13-20-18(22-27-13)15-10-17(28-12-15)29(25,26)23-9-5-6-14(11-23)19(24)21-16-7-3-2-4-8-16/h10,12,14,16H,2-9,11H2,1H3,(H,21,24)/t14-/m1/s1. The minimum Gasteiger partial charge on any atom is -0.353 e. The number of hydrogen-bond acceptors (Lipinski definition) is 7. The summed E-state index contributed by atoms with van der Waals surface area (Å²) in [6.07, 6.45) is 6.98. The van der Waals surface area contributed by atoms with Gasteiger partial charge in [0.15, 0.2) is 0 Å². The predicted octanol–water partition coefficient (Wildman–Crippen LogP) is 2.96. The summed E-state index contributed by atoms with van der Waals surface area (Å²) >= 11 is 1.14. The van der Waals surface area contributed by atoms with Gasteiger partial charge in [-0.1, -0.05) is 24.4 Å². The summed E-state index contributed by atoms with van der Waals surface area (Å²) in [5.41, 5.74) is 0.619. The lowest BCUT2D eigenvalue weighted by Gasteiger charge is -2.32. The molecule has 4 rings (SSSR count). The Balaban J connectivity index is 1.44. The van der Waals surface area contributed by atoms with Gasteiger partial charge in [0.2, 0.25) is 17.6 Å². The lowest BCUT2D eigenvalue weighted by molar-refractivity contribution is -0.127. The molecule has 0 spiro atoms. The van der Waals surface area contributed by atoms with Crippen LogP contribution in [0.1, 0.15) is 50.8 Å². The fraction of sp³-hybridized carbons (Fsp3) is 0.632. The highest BCUT2D eigenvalue weighted by molar-refractivity contribution is 7.91. The Morgan fingerprint density at radius 2 is 2.03 bits per heavy atom. The Hall–Kier alpha value is -1.78. The number of sulfonamides is 1. The van der Waals surface area contributed by atoms with Gasteiger partial charge in [-0.25, -0.2) is 8.42 Å². The van der Waals surface area contributed by atoms with Crippen LogP contribution in [0.4, 0.5) is 0 Å². The molecule has 1 atom stereocenters. The second-order valence-electron chi connectivity index (χ2n) is 7.84. The van der Waals surface area contributed by atoms with Crippen LogP contribution in [0, 0.1) is 12.8 Å². The molecule has 0 unspecified atom stereocenters. The van der Waals surface area contributed by atoms with Crippen LogP contribution in [0.3, 0.4) is 0 Å². The van der Waals surface area contributed by atoms with E-state index < -0.39 is 10.0 Å². The number of piperidine rings is 1. The number of amides is 1. The zero-order chi connectivity index (χ0) is 20.4. The number of nitrogens with zero attached hydrogens (tertiary/aromatic N) is 3. The molecule has 0 radical (unpaired) electrons. The molecule has 1 aliphatic heterocycles. The molecule has 0 aromatic carbocycles. The van der Waals surface area contributed by atoms with Crippen LogP contribution >= 0.6 is 11.3 Å². The van der Waals surface area contributed by atoms with Crippen LogP contribution in [0.5, 0.6) is 0 Å². The van der Waals surface area contributed by atoms with Gasteiger partial charge in [-0.15, -0.1) is 11.3 Å². The Kier molecular flexibility index (Phi) is 6.03. The van der Waals surface area contributed by atoms with E-state index in [0.717, 1.165) is 43.4 Å². The molecule has 2 aromatic heterocycles. The molecule has 1 aliphatic carbocycles. The summed E-state index contributed by atoms with van der Waals surface area (Å²) in [4.78, 5) is 16.9. The number of aryl methyl sites for hydroxylation is 1. The smallest absolute Gasteiger partial charge is 0.252 e. The largest absolute Gasteiger partial charge is 0.353 e. The van der Waals surface area contributed by atoms with Gasteiger partial charge in [0.25, 0.3) is 10.0 Å². The van der Waals surface area contributed by atoms with Crippen molar-refractivity contribution in [1.82, 2.24) is 19.8 Å². The molecule has 2 aliphatic rings. The molecule has 1 saturated carbocycles. The van der Waals surface area contributed by atoms with Gasteiger partial charge >= 0.3 is 0 Å². The molecular weight excluding hydrogens is 412 g/mol. The summed E-state index contributed by atoms with van der Waals surface area (Å²) in [5, 5.41) is 8.70. The Morgan fingerprint density at radius 3 is 2.76 bits per heavy atom. The van der Waals surface area contributed by atoms with Gasteiger partial charge in [-0.3, -0.25) is 4.79 Å². The quantitative estimate of drug-likeness (QED) is 0.769. The predicted molar refractivity (Wildman–Crippen MR) is 109 cm³/mol. The van der Waals surface area contributed by atoms with Crippen molar-refractivity contribution in [2.24, 2.45) is 5.92 Å². The second kappa shape index (κ2) is 8.53. The molecule has 8 nitrogen and oxygen atoms in total. The van der Waals surface area contributed by atoms with Crippen molar-refractivity contribution < 1.29 is 17.7 Å². The monoisotopic (exact) mass is 438 g/mol. The lowest BCUT2D eigenvalue weighted by atomic mass is 9.93. The minimum atomic E-state index is -3.66. The Morgan fingerprint density at radius 1 is 1.24 bits per heavy atom. The van der Waals surface area contributed by atoms with Crippen molar-refractivity contribution >= 4 is 27.3 Å². The number of aromatic nitrogens is 2. The van der Waals surface area contributed by atoms with E-state index in [1.54, 1.807) is 18.4 Å². The van der Waals surface area contributed by atoms with E-state index in [1.165, 1.54) is 10.7 Å². The maximum absolute atomic E-state index is 13.1. The Bertz CT molecular complexity index is 963. The zero-order valence-electron chi connectivity index (χ0n) is 16.5. The fourth-order valence-corrected chi connectivity index (χ4v) is 6.89. The number of rotatable bonds is 5. The highest BCUT2D eigenvalue weighted by Gasteiger charge is 2.35. The van der Waals surface area contributed by atoms with Crippen molar-refractivity contribution in [2.45, 2.75) is 62.1 Å². The first-order chi connectivity index (χ1) is 13.9. The van der Waals surface area contributed by atoms with E-state index in [4.69, 9.17) is 4.52 Å². The van der Waals surface area contributed by atoms with Crippen LogP contribution in [0.2, 0.25) is 0 Å². The first kappa shape index (κ1) is 20.5. The van der Waals surface area contributed by atoms with E-state index in [0.29, 0.717) is 30.2 Å². The third-order valence-electron chi connectivity index (χ3n) is 5.66. The molecular formula is C19H26N4O4S2. The van der Waals surface area contributed by atoms with Crippen molar-refractivity contribution in [3.8, 4) is 11.4 Å². The van der Waals surface area contributed by atoms with Crippen LogP contribution in [-0.2, 0) is 14.8 Å². The van der Waals surface area contributed by atoms with Gasteiger partial charge in [-0.05, 0) is 31.7 Å². The van der Waals surface area contributed by atoms with E-state index in [9.17, 15) is 13.2 Å². The molecule has 2 aromatic rings. The van der Waals surface area contributed by atoms with Gasteiger partial charge in [-0.2, -0.15) is 9.29 Å². The third-order valence-corrected chi connectivity index (χ3v) is 8.94. The van der Waals surface area contributed by atoms with Crippen molar-refractivity contribution in [3.05, 3.63) is 17.3 Å². The molecule has 2 fully saturated rings. The fourth-order valence-electron chi connectivity index (χ4n) is 4.05. The maximum atomic E-state index is 13.1. The molecule has 158 valence electrons. The summed E-state index contributed by atoms with van der Waals surface area (Å²) in [6, 6.07) is 1.82. The van der Waals surface area contributed by atoms with Crippen LogP contribution in [0.25, 0.3) is 11.4 Å². The third kappa shape index (κ3) is 4.54. The first-order valence-corrected chi connectivity index (χ1v) is 12.5. The van der Waals surface area contributed by atoms with Crippen LogP contribution < -0.4 is 5.32 Å². The second-order valence-corrected chi connectivity index (χ2v) is 10.9. The van der Waals surface area contributed by atoms with E-state index in [-0.39, 0.29) is 28.6 Å². The van der Waals surface area contributed by atoms with E-state index >= 15 is 0 Å². The van der Waals surface area contributed by atoms with E-state index in [1.807, 2.05) is 0 Å². The highest BCUT2D eigenvalue weighted by Crippen LogP contribution is 2.31. The lowest BCUT2D eigenvalue weighted by Crippen LogP contribution is -2.47. The summed E-state index contributed by atoms with van der Waals surface area (Å²) in [7, 11) is -3.66. The molecule has 1 amide bonds. The van der Waals surface area contributed by atoms with Crippen molar-refractivity contribution in [3.63, 3.8) is 0 Å². The number of carbonyl (C=O) groups excluding carboxylic acids is 1. The van der Waals surface area contributed by atoms with Crippen molar-refractivity contribution in [1.29, 1.82) is 0 Å². The zero-order valence-corrected chi connectivity index (χ0v) is 18.1. The average Bonchev–Trinajstić information content (AvgIpc) is 3.38. The van der Waals surface area contributed by atoms with Gasteiger partial charge < -0.3 is 9.84 Å². The van der Waals surface area contributed by atoms with Crippen molar-refractivity contribution in [2.75, 3.05) is 13.1 Å². The minimum absolute atomic E-state index is 0.00839. The number of nitrogens with one attached hydrogen (secondary N) is 1. The van der Waals surface area contributed by atoms with Gasteiger partial charge in [0, 0.05) is 37.0 Å². The SMILES string of the molecule is Cc1nc(-c2csc(S(=O)(=O)N3CCC[C@@H](C(=O)NC4CCCCC4)C3)c2)no1. The molecule has 1 N–H and O–H groups in total. The summed E-state index contributed by atoms with van der Waals surface area (Å²) in [5.74, 6) is 0.507. The maximum Gasteiger partial charge on any atom is 0.252 e. The number of thiophene rings is 1. The summed E-state index contributed by atoms with van der Waals surface area (Å²) < 4.78 is 32.9.